The van der Waals surface area contributed by atoms with E-state index in [-0.39, 0.29) is 0 Å². The average Bonchev–Trinajstić information content (AvgIpc) is 3.02. The molecule has 0 heteroatoms. The minimum absolute atomic E-state index is 1.26. The Kier molecular flexibility index (Phi) is 2.33. The molecule has 20 heavy (non-hydrogen) atoms. The first-order valence-corrected chi connectivity index (χ1v) is 8.48. The van der Waals surface area contributed by atoms with E-state index in [0.29, 0.717) is 0 Å². The quantitative estimate of drug-likeness (QED) is 0.583. The van der Waals surface area contributed by atoms with E-state index in [1.807, 2.05) is 0 Å². The summed E-state index contributed by atoms with van der Waals surface area (Å²) in [5.74, 6) is 0. The van der Waals surface area contributed by atoms with Gasteiger partial charge in [0.15, 0.2) is 0 Å². The van der Waals surface area contributed by atoms with Crippen LogP contribution in [0, 0.1) is 0 Å². The first kappa shape index (κ1) is 11.4. The van der Waals surface area contributed by atoms with Crippen LogP contribution in [0.5, 0.6) is 0 Å². The SMILES string of the molecule is c1c2c(cc3c1C1=C(CCCC1)C3)C1=C(CCCC1)C2. The molecule has 0 spiro atoms. The molecule has 0 aliphatic heterocycles. The predicted molar refractivity (Wildman–Crippen MR) is 84.6 cm³/mol. The summed E-state index contributed by atoms with van der Waals surface area (Å²) in [6, 6.07) is 5.16. The first-order chi connectivity index (χ1) is 9.90. The number of hydrogen-bond donors (Lipinski definition) is 0. The van der Waals surface area contributed by atoms with Crippen molar-refractivity contribution < 1.29 is 0 Å². The monoisotopic (exact) mass is 262 g/mol. The van der Waals surface area contributed by atoms with Crippen LogP contribution in [0.4, 0.5) is 0 Å². The molecule has 0 bridgehead atoms. The van der Waals surface area contributed by atoms with Gasteiger partial charge < -0.3 is 0 Å². The Morgan fingerprint density at radius 2 is 1.00 bits per heavy atom. The molecule has 4 aliphatic carbocycles. The highest BCUT2D eigenvalue weighted by molar-refractivity contribution is 5.84. The van der Waals surface area contributed by atoms with Crippen molar-refractivity contribution in [1.29, 1.82) is 0 Å². The maximum absolute atomic E-state index is 2.58. The lowest BCUT2D eigenvalue weighted by Gasteiger charge is -2.15. The number of allylic oxidation sites excluding steroid dienone is 4. The summed E-state index contributed by atoms with van der Waals surface area (Å²) < 4.78 is 0. The summed E-state index contributed by atoms with van der Waals surface area (Å²) in [5, 5.41) is 0. The predicted octanol–water partition coefficient (Wildman–Crippen LogP) is 5.45. The third kappa shape index (κ3) is 1.48. The molecule has 0 amide bonds. The molecular formula is C20H22. The van der Waals surface area contributed by atoms with Gasteiger partial charge in [-0.25, -0.2) is 0 Å². The lowest BCUT2D eigenvalue weighted by molar-refractivity contribution is 0.709. The van der Waals surface area contributed by atoms with Crippen molar-refractivity contribution in [3.63, 3.8) is 0 Å². The Morgan fingerprint density at radius 1 is 0.550 bits per heavy atom. The lowest BCUT2D eigenvalue weighted by atomic mass is 9.90. The van der Waals surface area contributed by atoms with Gasteiger partial charge in [-0.05, 0) is 97.6 Å². The molecule has 0 unspecified atom stereocenters. The number of hydrogen-bond acceptors (Lipinski definition) is 0. The number of fused-ring (bicyclic) bond motifs is 4. The third-order valence-corrected chi connectivity index (χ3v) is 5.95. The zero-order chi connectivity index (χ0) is 13.1. The van der Waals surface area contributed by atoms with Crippen molar-refractivity contribution in [2.24, 2.45) is 0 Å². The fourth-order valence-electron chi connectivity index (χ4n) is 4.98. The van der Waals surface area contributed by atoms with Gasteiger partial charge in [-0.3, -0.25) is 0 Å². The number of rotatable bonds is 0. The first-order valence-electron chi connectivity index (χ1n) is 8.48. The molecule has 0 saturated carbocycles. The Labute approximate surface area is 121 Å². The third-order valence-electron chi connectivity index (χ3n) is 5.95. The van der Waals surface area contributed by atoms with Crippen LogP contribution in [-0.4, -0.2) is 0 Å². The van der Waals surface area contributed by atoms with Crippen LogP contribution in [0.2, 0.25) is 0 Å². The van der Waals surface area contributed by atoms with Gasteiger partial charge in [-0.1, -0.05) is 23.3 Å². The van der Waals surface area contributed by atoms with E-state index in [1.165, 1.54) is 64.2 Å². The molecule has 1 aromatic rings. The second-order valence-electron chi connectivity index (χ2n) is 7.10. The van der Waals surface area contributed by atoms with Gasteiger partial charge in [0.2, 0.25) is 0 Å². The molecule has 4 aliphatic rings. The van der Waals surface area contributed by atoms with Crippen molar-refractivity contribution in [3.8, 4) is 0 Å². The topological polar surface area (TPSA) is 0 Å². The van der Waals surface area contributed by atoms with Crippen molar-refractivity contribution in [2.75, 3.05) is 0 Å². The summed E-state index contributed by atoms with van der Waals surface area (Å²) in [5.41, 5.74) is 13.6. The Balaban J connectivity index is 1.62. The molecule has 5 rings (SSSR count). The Bertz CT molecular complexity index is 610. The van der Waals surface area contributed by atoms with Crippen LogP contribution in [0.1, 0.15) is 73.6 Å². The van der Waals surface area contributed by atoms with Crippen molar-refractivity contribution >= 4 is 11.1 Å². The highest BCUT2D eigenvalue weighted by Crippen LogP contribution is 2.47. The van der Waals surface area contributed by atoms with Gasteiger partial charge in [-0.15, -0.1) is 0 Å². The summed E-state index contributed by atoms with van der Waals surface area (Å²) in [4.78, 5) is 0. The van der Waals surface area contributed by atoms with Crippen LogP contribution in [0.25, 0.3) is 11.1 Å². The minimum Gasteiger partial charge on any atom is -0.0620 e. The normalized spacial score (nSPS) is 23.6. The zero-order valence-electron chi connectivity index (χ0n) is 12.2. The highest BCUT2D eigenvalue weighted by atomic mass is 14.3. The van der Waals surface area contributed by atoms with Crippen LogP contribution in [-0.2, 0) is 12.8 Å². The van der Waals surface area contributed by atoms with E-state index >= 15 is 0 Å². The molecule has 0 nitrogen and oxygen atoms in total. The van der Waals surface area contributed by atoms with Gasteiger partial charge >= 0.3 is 0 Å². The molecule has 0 atom stereocenters. The maximum Gasteiger partial charge on any atom is -0.00548 e. The fraction of sp³-hybridized carbons (Fsp3) is 0.500. The molecule has 0 radical (unpaired) electrons. The van der Waals surface area contributed by atoms with Crippen molar-refractivity contribution in [1.82, 2.24) is 0 Å². The summed E-state index contributed by atoms with van der Waals surface area (Å²) in [6.07, 6.45) is 13.6. The summed E-state index contributed by atoms with van der Waals surface area (Å²) in [6.45, 7) is 0. The average molecular weight is 262 g/mol. The van der Waals surface area contributed by atoms with E-state index in [0.717, 1.165) is 0 Å². The van der Waals surface area contributed by atoms with Crippen molar-refractivity contribution in [3.05, 3.63) is 45.5 Å². The van der Waals surface area contributed by atoms with Gasteiger partial charge in [-0.2, -0.15) is 0 Å². The minimum atomic E-state index is 1.26. The number of benzene rings is 1. The second-order valence-corrected chi connectivity index (χ2v) is 7.10. The molecular weight excluding hydrogens is 240 g/mol. The van der Waals surface area contributed by atoms with Crippen LogP contribution >= 0.6 is 0 Å². The molecule has 0 heterocycles. The van der Waals surface area contributed by atoms with Gasteiger partial charge in [0.1, 0.15) is 0 Å². The Hall–Kier alpha value is -1.30. The fourth-order valence-corrected chi connectivity index (χ4v) is 4.98. The highest BCUT2D eigenvalue weighted by Gasteiger charge is 2.29. The smallest absolute Gasteiger partial charge is 0.00548 e. The molecule has 0 fully saturated rings. The molecule has 0 aromatic heterocycles. The van der Waals surface area contributed by atoms with E-state index in [9.17, 15) is 0 Å². The second kappa shape index (κ2) is 4.10. The summed E-state index contributed by atoms with van der Waals surface area (Å²) in [7, 11) is 0. The van der Waals surface area contributed by atoms with Crippen LogP contribution in [0.15, 0.2) is 23.3 Å². The van der Waals surface area contributed by atoms with Gasteiger partial charge in [0.05, 0.1) is 0 Å². The van der Waals surface area contributed by atoms with Gasteiger partial charge in [0.25, 0.3) is 0 Å². The molecule has 102 valence electrons. The standard InChI is InChI=1S/C20H22/c1-3-7-17-13(5-1)9-15-11-20-16(12-19(15)17)10-14-6-2-4-8-18(14)20/h11-12H,1-10H2. The molecule has 0 N–H and O–H groups in total. The van der Waals surface area contributed by atoms with E-state index in [2.05, 4.69) is 12.1 Å². The van der Waals surface area contributed by atoms with E-state index < -0.39 is 0 Å². The van der Waals surface area contributed by atoms with Crippen LogP contribution < -0.4 is 0 Å². The zero-order valence-corrected chi connectivity index (χ0v) is 12.2. The van der Waals surface area contributed by atoms with Gasteiger partial charge in [0, 0.05) is 0 Å². The maximum atomic E-state index is 2.58. The van der Waals surface area contributed by atoms with Crippen molar-refractivity contribution in [2.45, 2.75) is 64.2 Å². The Morgan fingerprint density at radius 3 is 1.50 bits per heavy atom. The molecule has 0 saturated heterocycles. The van der Waals surface area contributed by atoms with E-state index in [1.54, 1.807) is 44.5 Å². The largest absolute Gasteiger partial charge is 0.0620 e. The summed E-state index contributed by atoms with van der Waals surface area (Å²) >= 11 is 0. The molecule has 1 aromatic carbocycles. The lowest BCUT2D eigenvalue weighted by Crippen LogP contribution is -1.94. The van der Waals surface area contributed by atoms with Crippen LogP contribution in [0.3, 0.4) is 0 Å². The van der Waals surface area contributed by atoms with E-state index in [4.69, 9.17) is 0 Å².